The van der Waals surface area contributed by atoms with Gasteiger partial charge in [0.2, 0.25) is 0 Å². The Bertz CT molecular complexity index is 229. The number of hydrogen-bond donors (Lipinski definition) is 0. The van der Waals surface area contributed by atoms with Crippen LogP contribution in [-0.4, -0.2) is 13.1 Å². The van der Waals surface area contributed by atoms with Crippen molar-refractivity contribution in [1.82, 2.24) is 0 Å². The molecule has 2 nitrogen and oxygen atoms in total. The molecule has 0 atom stereocenters. The van der Waals surface area contributed by atoms with Gasteiger partial charge in [0.25, 0.3) is 0 Å². The smallest absolute Gasteiger partial charge is 0.309 e. The molecule has 0 radical (unpaired) electrons. The SMILES string of the molecule is CCCCCCCCC=CC=CCC(=O)OC. The van der Waals surface area contributed by atoms with Gasteiger partial charge >= 0.3 is 5.97 Å². The van der Waals surface area contributed by atoms with E-state index in [-0.39, 0.29) is 5.97 Å². The molecular weight excluding hydrogens is 212 g/mol. The van der Waals surface area contributed by atoms with E-state index in [9.17, 15) is 4.79 Å². The maximum Gasteiger partial charge on any atom is 0.309 e. The van der Waals surface area contributed by atoms with Crippen molar-refractivity contribution in [2.24, 2.45) is 0 Å². The zero-order valence-electron chi connectivity index (χ0n) is 11.3. The molecule has 0 saturated heterocycles. The number of rotatable bonds is 10. The molecule has 0 aliphatic rings. The van der Waals surface area contributed by atoms with Crippen LogP contribution in [0.1, 0.15) is 58.3 Å². The fraction of sp³-hybridized carbons (Fsp3) is 0.667. The fourth-order valence-corrected chi connectivity index (χ4v) is 1.54. The molecule has 0 aromatic rings. The number of carbonyl (C=O) groups excluding carboxylic acids is 1. The predicted octanol–water partition coefficient (Wildman–Crippen LogP) is 4.41. The highest BCUT2D eigenvalue weighted by atomic mass is 16.5. The monoisotopic (exact) mass is 238 g/mol. The molecule has 0 aromatic heterocycles. The minimum Gasteiger partial charge on any atom is -0.469 e. The largest absolute Gasteiger partial charge is 0.469 e. The van der Waals surface area contributed by atoms with Gasteiger partial charge in [-0.3, -0.25) is 4.79 Å². The summed E-state index contributed by atoms with van der Waals surface area (Å²) in [5.41, 5.74) is 0. The molecule has 0 saturated carbocycles. The van der Waals surface area contributed by atoms with Gasteiger partial charge in [-0.05, 0) is 12.8 Å². The Morgan fingerprint density at radius 1 is 1.00 bits per heavy atom. The van der Waals surface area contributed by atoms with Gasteiger partial charge in [-0.2, -0.15) is 0 Å². The first-order valence-corrected chi connectivity index (χ1v) is 6.69. The van der Waals surface area contributed by atoms with E-state index in [1.165, 1.54) is 45.6 Å². The van der Waals surface area contributed by atoms with Crippen molar-refractivity contribution >= 4 is 5.97 Å². The van der Waals surface area contributed by atoms with Gasteiger partial charge in [0.1, 0.15) is 0 Å². The Kier molecular flexibility index (Phi) is 12.2. The Morgan fingerprint density at radius 3 is 2.35 bits per heavy atom. The van der Waals surface area contributed by atoms with Gasteiger partial charge in [-0.25, -0.2) is 0 Å². The van der Waals surface area contributed by atoms with Crippen LogP contribution >= 0.6 is 0 Å². The highest BCUT2D eigenvalue weighted by Gasteiger charge is 1.92. The Balaban J connectivity index is 3.27. The standard InChI is InChI=1S/C15H26O2/c1-3-4-5-6-7-8-9-10-11-12-13-14-15(16)17-2/h10-13H,3-9,14H2,1-2H3. The van der Waals surface area contributed by atoms with E-state index < -0.39 is 0 Å². The van der Waals surface area contributed by atoms with Crippen molar-refractivity contribution in [1.29, 1.82) is 0 Å². The molecule has 17 heavy (non-hydrogen) atoms. The van der Waals surface area contributed by atoms with Gasteiger partial charge in [-0.1, -0.05) is 63.3 Å². The average Bonchev–Trinajstić information content (AvgIpc) is 2.35. The summed E-state index contributed by atoms with van der Waals surface area (Å²) < 4.78 is 4.53. The van der Waals surface area contributed by atoms with Crippen LogP contribution in [0, 0.1) is 0 Å². The maximum absolute atomic E-state index is 10.8. The first-order chi connectivity index (χ1) is 8.31. The summed E-state index contributed by atoms with van der Waals surface area (Å²) >= 11 is 0. The third-order valence-corrected chi connectivity index (χ3v) is 2.62. The molecule has 0 aromatic carbocycles. The number of carbonyl (C=O) groups is 1. The summed E-state index contributed by atoms with van der Waals surface area (Å²) in [6.07, 6.45) is 17.4. The number of hydrogen-bond acceptors (Lipinski definition) is 2. The van der Waals surface area contributed by atoms with E-state index >= 15 is 0 Å². The minimum atomic E-state index is -0.189. The van der Waals surface area contributed by atoms with Crippen LogP contribution in [0.4, 0.5) is 0 Å². The van der Waals surface area contributed by atoms with Crippen LogP contribution in [0.25, 0.3) is 0 Å². The van der Waals surface area contributed by atoms with Crippen molar-refractivity contribution in [3.63, 3.8) is 0 Å². The van der Waals surface area contributed by atoms with E-state index in [0.29, 0.717) is 6.42 Å². The van der Waals surface area contributed by atoms with Crippen LogP contribution < -0.4 is 0 Å². The van der Waals surface area contributed by atoms with Crippen LogP contribution in [0.15, 0.2) is 24.3 Å². The zero-order valence-corrected chi connectivity index (χ0v) is 11.3. The van der Waals surface area contributed by atoms with Crippen molar-refractivity contribution < 1.29 is 9.53 Å². The normalized spacial score (nSPS) is 11.4. The summed E-state index contributed by atoms with van der Waals surface area (Å²) in [7, 11) is 1.41. The number of allylic oxidation sites excluding steroid dienone is 3. The Morgan fingerprint density at radius 2 is 1.65 bits per heavy atom. The molecular formula is C15H26O2. The lowest BCUT2D eigenvalue weighted by atomic mass is 10.1. The Hall–Kier alpha value is -1.05. The first kappa shape index (κ1) is 16.0. The summed E-state index contributed by atoms with van der Waals surface area (Å²) in [5, 5.41) is 0. The van der Waals surface area contributed by atoms with E-state index in [2.05, 4.69) is 17.7 Å². The van der Waals surface area contributed by atoms with Crippen LogP contribution in [-0.2, 0) is 9.53 Å². The van der Waals surface area contributed by atoms with Gasteiger partial charge in [0.05, 0.1) is 13.5 Å². The van der Waals surface area contributed by atoms with Gasteiger partial charge in [0.15, 0.2) is 0 Å². The lowest BCUT2D eigenvalue weighted by molar-refractivity contribution is -0.139. The first-order valence-electron chi connectivity index (χ1n) is 6.69. The maximum atomic E-state index is 10.8. The number of ether oxygens (including phenoxy) is 1. The van der Waals surface area contributed by atoms with E-state index in [1.807, 2.05) is 18.2 Å². The summed E-state index contributed by atoms with van der Waals surface area (Å²) in [5.74, 6) is -0.189. The lowest BCUT2D eigenvalue weighted by Gasteiger charge is -1.97. The topological polar surface area (TPSA) is 26.3 Å². The zero-order chi connectivity index (χ0) is 12.8. The second-order valence-electron chi connectivity index (χ2n) is 4.19. The van der Waals surface area contributed by atoms with Crippen LogP contribution in [0.5, 0.6) is 0 Å². The number of esters is 1. The van der Waals surface area contributed by atoms with Gasteiger partial charge < -0.3 is 4.74 Å². The van der Waals surface area contributed by atoms with Crippen molar-refractivity contribution in [3.8, 4) is 0 Å². The fourth-order valence-electron chi connectivity index (χ4n) is 1.54. The summed E-state index contributed by atoms with van der Waals surface area (Å²) in [4.78, 5) is 10.8. The minimum absolute atomic E-state index is 0.189. The third kappa shape index (κ3) is 12.9. The molecule has 98 valence electrons. The quantitative estimate of drug-likeness (QED) is 0.320. The highest BCUT2D eigenvalue weighted by molar-refractivity contribution is 5.70. The molecule has 0 fully saturated rings. The molecule has 0 heterocycles. The predicted molar refractivity (Wildman–Crippen MR) is 72.9 cm³/mol. The Labute approximate surface area is 106 Å². The number of unbranched alkanes of at least 4 members (excludes halogenated alkanes) is 6. The molecule has 0 rings (SSSR count). The molecule has 0 bridgehead atoms. The lowest BCUT2D eigenvalue weighted by Crippen LogP contribution is -1.96. The molecule has 0 N–H and O–H groups in total. The molecule has 2 heteroatoms. The number of methoxy groups -OCH3 is 1. The second-order valence-corrected chi connectivity index (χ2v) is 4.19. The molecule has 0 spiro atoms. The van der Waals surface area contributed by atoms with E-state index in [1.54, 1.807) is 0 Å². The highest BCUT2D eigenvalue weighted by Crippen LogP contribution is 2.07. The van der Waals surface area contributed by atoms with Crippen LogP contribution in [0.2, 0.25) is 0 Å². The van der Waals surface area contributed by atoms with Crippen molar-refractivity contribution in [2.75, 3.05) is 7.11 Å². The molecule has 0 aliphatic heterocycles. The van der Waals surface area contributed by atoms with Crippen LogP contribution in [0.3, 0.4) is 0 Å². The molecule has 0 unspecified atom stereocenters. The van der Waals surface area contributed by atoms with E-state index in [0.717, 1.165) is 6.42 Å². The van der Waals surface area contributed by atoms with Gasteiger partial charge in [-0.15, -0.1) is 0 Å². The molecule has 0 aliphatic carbocycles. The van der Waals surface area contributed by atoms with E-state index in [4.69, 9.17) is 0 Å². The van der Waals surface area contributed by atoms with Crippen molar-refractivity contribution in [2.45, 2.75) is 58.3 Å². The van der Waals surface area contributed by atoms with Gasteiger partial charge in [0, 0.05) is 0 Å². The summed E-state index contributed by atoms with van der Waals surface area (Å²) in [6.45, 7) is 2.24. The second kappa shape index (κ2) is 13.0. The van der Waals surface area contributed by atoms with Crippen molar-refractivity contribution in [3.05, 3.63) is 24.3 Å². The molecule has 0 amide bonds. The summed E-state index contributed by atoms with van der Waals surface area (Å²) in [6, 6.07) is 0. The third-order valence-electron chi connectivity index (χ3n) is 2.62. The average molecular weight is 238 g/mol.